The summed E-state index contributed by atoms with van der Waals surface area (Å²) in [5.74, 6) is -20.7. The molecule has 0 spiro atoms. The fourth-order valence-corrected chi connectivity index (χ4v) is 10.9. The van der Waals surface area contributed by atoms with Gasteiger partial charge in [0.05, 0.1) is 31.8 Å². The van der Waals surface area contributed by atoms with Crippen molar-refractivity contribution in [3.63, 3.8) is 0 Å². The SMILES string of the molecule is COC[C@H]1NC(=O)[C@H](NC(=O)[C@@H](NC(=O)[C@@H](NC(=O)[C@@H](NC(=O)[C@H](NC(=O)C[C@H](O)/C=C\[C@@H](C)CC(C)C)[C@H](O)C(N)=O)[C@@H](C)O)[C@H](C)N)[C@@H](C)[C@@H](C)C(N)=O)[C@@H](C)OC(=O)[C@H](C)N(C)C(=O)[C@@H]([C@H](OC)c2ccc(O)cc2)NC(=O)[C@H](CCC(N)=O)N(C)C(=O)[C@H](CC(C)C)NC(=O)CNC1=O. The molecular weight excluding hydrogens is 1350 g/mol. The summed E-state index contributed by atoms with van der Waals surface area (Å²) in [6.07, 6.45) is -6.96. The standard InChI is InChI=1S/C66H107N15O22/c1-29(2)24-31(5)16-19-40(84)26-45(86)74-51(53(88)56(70)90)63(97)77-49(36(10)82)61(95)76-48(34(8)67)60(94)75-47(32(6)33(7)55(69)89)59(93)78-50-37(11)103-66(100)35(9)80(12)65(99)52(54(102-15)38-17-20-39(83)21-18-38)79-58(92)43(22-23-44(68)85)81(13)64(98)41(25-30(3)4)72-46(87)27-71-57(91)42(28-101-14)73-62(50)96/h16-21,29-37,40-43,47-54,82-84,88H,22-28,67H2,1-15H3,(H2,68,85)(H2,69,89)(H2,70,90)(H,71,91)(H,72,87)(H,73,96)(H,74,86)(H,75,94)(H,76,95)(H,77,97)(H,78,93)(H,79,92)/b19-16-/t31-,32+,33-,34+,35+,36-,37-,40-,41+,42-,43+,47+,48+,49+,50-,51-,52-,53+,54-/m1/s1. The molecule has 1 aliphatic rings. The highest BCUT2D eigenvalue weighted by Crippen LogP contribution is 2.27. The zero-order valence-corrected chi connectivity index (χ0v) is 60.9. The van der Waals surface area contributed by atoms with E-state index in [9.17, 15) is 82.8 Å². The highest BCUT2D eigenvalue weighted by atomic mass is 16.5. The number of ether oxygens (including phenoxy) is 3. The number of methoxy groups -OCH3 is 2. The van der Waals surface area contributed by atoms with E-state index in [1.165, 1.54) is 72.2 Å². The molecular formula is C66H107N15O22. The molecule has 1 saturated heterocycles. The van der Waals surface area contributed by atoms with Crippen LogP contribution in [0.4, 0.5) is 0 Å². The molecule has 1 heterocycles. The van der Waals surface area contributed by atoms with Gasteiger partial charge in [-0.05, 0) is 88.3 Å². The van der Waals surface area contributed by atoms with E-state index in [0.29, 0.717) is 5.92 Å². The first-order valence-electron chi connectivity index (χ1n) is 33.5. The zero-order valence-electron chi connectivity index (χ0n) is 60.9. The number of carbonyl (C=O) groups is 15. The number of primary amides is 3. The molecule has 0 unspecified atom stereocenters. The smallest absolute Gasteiger partial charge is 0.328 e. The van der Waals surface area contributed by atoms with Crippen LogP contribution in [0, 0.1) is 29.6 Å². The summed E-state index contributed by atoms with van der Waals surface area (Å²) in [6.45, 7) is 14.7. The van der Waals surface area contributed by atoms with Gasteiger partial charge in [-0.1, -0.05) is 72.8 Å². The van der Waals surface area contributed by atoms with Crippen LogP contribution < -0.4 is 70.8 Å². The lowest BCUT2D eigenvalue weighted by Crippen LogP contribution is -2.66. The fourth-order valence-electron chi connectivity index (χ4n) is 10.9. The van der Waals surface area contributed by atoms with Gasteiger partial charge in [0, 0.05) is 46.7 Å². The van der Waals surface area contributed by atoms with Gasteiger partial charge in [-0.3, -0.25) is 67.1 Å². The normalized spacial score (nSPS) is 22.9. The second-order valence-electron chi connectivity index (χ2n) is 26.7. The van der Waals surface area contributed by atoms with Crippen molar-refractivity contribution < 1.29 is 107 Å². The molecule has 1 aromatic carbocycles. The number of phenolic OH excluding ortho intramolecular Hbond substituents is 1. The van der Waals surface area contributed by atoms with Crippen molar-refractivity contribution in [2.24, 2.45) is 52.5 Å². The Morgan fingerprint density at radius 2 is 1.25 bits per heavy atom. The molecule has 578 valence electrons. The number of likely N-dealkylation sites (N-methyl/N-ethyl adjacent to an activating group) is 2. The molecule has 2 rings (SSSR count). The topological polar surface area (TPSA) is 583 Å². The number of allylic oxidation sites excluding steroid dienone is 1. The molecule has 0 aromatic heterocycles. The number of rotatable bonds is 32. The number of nitrogens with zero attached hydrogens (tertiary/aromatic N) is 2. The van der Waals surface area contributed by atoms with Crippen molar-refractivity contribution in [2.75, 3.05) is 41.5 Å². The van der Waals surface area contributed by atoms with Gasteiger partial charge in [-0.15, -0.1) is 0 Å². The largest absolute Gasteiger partial charge is 0.508 e. The summed E-state index contributed by atoms with van der Waals surface area (Å²) in [5, 5.41) is 63.3. The molecule has 19 atom stereocenters. The van der Waals surface area contributed by atoms with Crippen LogP contribution in [0.25, 0.3) is 0 Å². The number of hydrogen-bond donors (Lipinski definition) is 17. The minimum atomic E-state index is -2.46. The van der Waals surface area contributed by atoms with E-state index in [1.54, 1.807) is 19.9 Å². The maximum Gasteiger partial charge on any atom is 0.328 e. The number of nitrogens with one attached hydrogen (secondary N) is 9. The van der Waals surface area contributed by atoms with Crippen LogP contribution in [0.3, 0.4) is 0 Å². The Balaban J connectivity index is 2.85. The molecule has 37 nitrogen and oxygen atoms in total. The quantitative estimate of drug-likeness (QED) is 0.0236. The molecule has 37 heteroatoms. The Morgan fingerprint density at radius 3 is 1.78 bits per heavy atom. The molecule has 1 fully saturated rings. The fraction of sp³-hybridized carbons (Fsp3) is 0.652. The zero-order chi connectivity index (χ0) is 78.8. The summed E-state index contributed by atoms with van der Waals surface area (Å²) in [7, 11) is 4.62. The molecule has 1 aromatic rings. The van der Waals surface area contributed by atoms with E-state index >= 15 is 9.59 Å². The number of phenols is 1. The predicted octanol–water partition coefficient (Wildman–Crippen LogP) is -6.03. The van der Waals surface area contributed by atoms with Crippen LogP contribution in [0.1, 0.15) is 120 Å². The first-order valence-corrected chi connectivity index (χ1v) is 33.5. The number of benzene rings is 1. The van der Waals surface area contributed by atoms with E-state index < -0.39 is 230 Å². The average molecular weight is 1460 g/mol. The minimum Gasteiger partial charge on any atom is -0.508 e. The molecule has 0 bridgehead atoms. The second kappa shape index (κ2) is 42.2. The van der Waals surface area contributed by atoms with Crippen LogP contribution in [0.2, 0.25) is 0 Å². The number of esters is 1. The Morgan fingerprint density at radius 1 is 0.680 bits per heavy atom. The van der Waals surface area contributed by atoms with Crippen molar-refractivity contribution in [2.45, 2.75) is 205 Å². The van der Waals surface area contributed by atoms with Crippen molar-refractivity contribution in [3.05, 3.63) is 42.0 Å². The number of cyclic esters (lactones) is 1. The number of amides is 14. The van der Waals surface area contributed by atoms with E-state index in [0.717, 1.165) is 44.2 Å². The van der Waals surface area contributed by atoms with Crippen LogP contribution in [-0.4, -0.2) is 251 Å². The van der Waals surface area contributed by atoms with Gasteiger partial charge >= 0.3 is 5.97 Å². The van der Waals surface area contributed by atoms with E-state index in [4.69, 9.17) is 37.1 Å². The van der Waals surface area contributed by atoms with Crippen molar-refractivity contribution in [1.29, 1.82) is 0 Å². The lowest BCUT2D eigenvalue weighted by molar-refractivity contribution is -0.161. The third-order valence-electron chi connectivity index (χ3n) is 17.1. The Kier molecular flexibility index (Phi) is 36.8. The molecule has 0 aliphatic carbocycles. The molecule has 103 heavy (non-hydrogen) atoms. The van der Waals surface area contributed by atoms with Gasteiger partial charge in [0.25, 0.3) is 0 Å². The Bertz CT molecular complexity index is 3170. The van der Waals surface area contributed by atoms with Crippen LogP contribution in [0.15, 0.2) is 36.4 Å². The van der Waals surface area contributed by atoms with Gasteiger partial charge in [0.1, 0.15) is 78.4 Å². The lowest BCUT2D eigenvalue weighted by Gasteiger charge is -2.36. The minimum absolute atomic E-state index is 0.00428. The maximum atomic E-state index is 15.0. The van der Waals surface area contributed by atoms with Gasteiger partial charge in [0.2, 0.25) is 82.7 Å². The predicted molar refractivity (Wildman–Crippen MR) is 367 cm³/mol. The molecule has 0 saturated carbocycles. The Labute approximate surface area is 597 Å². The first-order chi connectivity index (χ1) is 47.9. The number of hydrogen-bond acceptors (Lipinski definition) is 23. The summed E-state index contributed by atoms with van der Waals surface area (Å²) >= 11 is 0. The maximum absolute atomic E-state index is 15.0. The average Bonchev–Trinajstić information content (AvgIpc) is 0.836. The lowest BCUT2D eigenvalue weighted by atomic mass is 9.87. The summed E-state index contributed by atoms with van der Waals surface area (Å²) in [6, 6.07) is -15.0. The van der Waals surface area contributed by atoms with E-state index in [2.05, 4.69) is 47.9 Å². The monoisotopic (exact) mass is 1460 g/mol. The highest BCUT2D eigenvalue weighted by molar-refractivity contribution is 6.01. The third kappa shape index (κ3) is 28.0. The summed E-state index contributed by atoms with van der Waals surface area (Å²) in [5.41, 5.74) is 22.9. The number of carbonyl (C=O) groups excluding carboxylic acids is 15. The molecule has 21 N–H and O–H groups in total. The van der Waals surface area contributed by atoms with Gasteiger partial charge in [-0.25, -0.2) is 4.79 Å². The first kappa shape index (κ1) is 89.7. The number of aliphatic hydroxyl groups excluding tert-OH is 3. The van der Waals surface area contributed by atoms with Gasteiger partial charge in [0.15, 0.2) is 6.10 Å². The van der Waals surface area contributed by atoms with Crippen molar-refractivity contribution >= 4 is 88.7 Å². The Hall–Kier alpha value is -9.43. The summed E-state index contributed by atoms with van der Waals surface area (Å²) in [4.78, 5) is 211. The molecule has 1 aliphatic heterocycles. The van der Waals surface area contributed by atoms with Crippen molar-refractivity contribution in [3.8, 4) is 5.75 Å². The number of aromatic hydroxyl groups is 1. The number of nitrogens with two attached hydrogens (primary N) is 4. The van der Waals surface area contributed by atoms with Gasteiger partial charge < -0.3 is 115 Å². The molecule has 14 amide bonds. The molecule has 0 radical (unpaired) electrons. The second-order valence-corrected chi connectivity index (χ2v) is 26.7. The van der Waals surface area contributed by atoms with Crippen LogP contribution >= 0.6 is 0 Å². The third-order valence-corrected chi connectivity index (χ3v) is 17.1. The van der Waals surface area contributed by atoms with Gasteiger partial charge in [-0.2, -0.15) is 0 Å². The van der Waals surface area contributed by atoms with E-state index in [1.807, 2.05) is 20.8 Å². The van der Waals surface area contributed by atoms with Crippen molar-refractivity contribution in [1.82, 2.24) is 57.7 Å². The van der Waals surface area contributed by atoms with E-state index in [-0.39, 0.29) is 29.6 Å². The van der Waals surface area contributed by atoms with Crippen LogP contribution in [-0.2, 0) is 86.1 Å². The number of aliphatic hydroxyl groups is 3. The summed E-state index contributed by atoms with van der Waals surface area (Å²) < 4.78 is 16.8. The van der Waals surface area contributed by atoms with Crippen LogP contribution in [0.5, 0.6) is 5.75 Å². The highest BCUT2D eigenvalue weighted by Gasteiger charge is 2.45.